The Bertz CT molecular complexity index is 427. The van der Waals surface area contributed by atoms with E-state index < -0.39 is 0 Å². The van der Waals surface area contributed by atoms with Crippen molar-refractivity contribution >= 4 is 17.2 Å². The van der Waals surface area contributed by atoms with E-state index in [1.165, 1.54) is 23.3 Å². The van der Waals surface area contributed by atoms with Gasteiger partial charge >= 0.3 is 0 Å². The molecule has 3 nitrogen and oxygen atoms in total. The topological polar surface area (TPSA) is 49.3 Å². The molecule has 1 aromatic heterocycles. The molecule has 1 aliphatic rings. The number of carbonyl (C=O) groups is 1. The lowest BCUT2D eigenvalue weighted by molar-refractivity contribution is 0.0915. The van der Waals surface area contributed by atoms with E-state index in [2.05, 4.69) is 5.32 Å². The molecule has 100 valence electrons. The summed E-state index contributed by atoms with van der Waals surface area (Å²) in [7, 11) is 0. The molecule has 2 N–H and O–H groups in total. The largest absolute Gasteiger partial charge is 0.396 e. The molecule has 2 atom stereocenters. The fraction of sp³-hybridized carbons (Fsp3) is 0.643. The van der Waals surface area contributed by atoms with E-state index in [4.69, 9.17) is 5.11 Å². The van der Waals surface area contributed by atoms with Gasteiger partial charge in [0.15, 0.2) is 0 Å². The van der Waals surface area contributed by atoms with Gasteiger partial charge in [-0.25, -0.2) is 0 Å². The van der Waals surface area contributed by atoms with Gasteiger partial charge in [-0.2, -0.15) is 0 Å². The molecule has 0 aliphatic heterocycles. The van der Waals surface area contributed by atoms with Crippen LogP contribution in [-0.2, 0) is 12.8 Å². The zero-order chi connectivity index (χ0) is 13.1. The second kappa shape index (κ2) is 5.85. The summed E-state index contributed by atoms with van der Waals surface area (Å²) in [5.41, 5.74) is 2.11. The first kappa shape index (κ1) is 13.6. The summed E-state index contributed by atoms with van der Waals surface area (Å²) in [5, 5.41) is 14.1. The van der Waals surface area contributed by atoms with Gasteiger partial charge in [0.2, 0.25) is 0 Å². The maximum Gasteiger partial charge on any atom is 0.252 e. The SMILES string of the molecule is CC(CO)C(C)NC(=O)c1csc2c1CCCC2. The Morgan fingerprint density at radius 2 is 2.17 bits per heavy atom. The summed E-state index contributed by atoms with van der Waals surface area (Å²) in [6, 6.07) is 0.00152. The summed E-state index contributed by atoms with van der Waals surface area (Å²) in [5.74, 6) is 0.102. The number of aliphatic hydroxyl groups excluding tert-OH is 1. The Labute approximate surface area is 112 Å². The van der Waals surface area contributed by atoms with Crippen LogP contribution in [0.1, 0.15) is 47.5 Å². The first-order chi connectivity index (χ1) is 8.63. The van der Waals surface area contributed by atoms with Gasteiger partial charge in [0, 0.05) is 22.9 Å². The van der Waals surface area contributed by atoms with Gasteiger partial charge in [-0.05, 0) is 44.1 Å². The minimum atomic E-state index is 0.00152. The third-order valence-electron chi connectivity index (χ3n) is 3.81. The highest BCUT2D eigenvalue weighted by Crippen LogP contribution is 2.30. The van der Waals surface area contributed by atoms with Crippen LogP contribution in [0.25, 0.3) is 0 Å². The van der Waals surface area contributed by atoms with Crippen LogP contribution < -0.4 is 5.32 Å². The molecule has 4 heteroatoms. The maximum absolute atomic E-state index is 12.2. The molecule has 2 unspecified atom stereocenters. The van der Waals surface area contributed by atoms with Crippen LogP contribution in [-0.4, -0.2) is 23.7 Å². The molecule has 0 saturated heterocycles. The average Bonchev–Trinajstić information content (AvgIpc) is 2.81. The molecule has 1 aliphatic carbocycles. The predicted octanol–water partition coefficient (Wildman–Crippen LogP) is 2.37. The number of aliphatic hydroxyl groups is 1. The average molecular weight is 267 g/mol. The fourth-order valence-electron chi connectivity index (χ4n) is 2.27. The van der Waals surface area contributed by atoms with Crippen molar-refractivity contribution in [1.29, 1.82) is 0 Å². The summed E-state index contributed by atoms with van der Waals surface area (Å²) < 4.78 is 0. The Hall–Kier alpha value is -0.870. The highest BCUT2D eigenvalue weighted by atomic mass is 32.1. The molecule has 0 spiro atoms. The number of hydrogen-bond donors (Lipinski definition) is 2. The highest BCUT2D eigenvalue weighted by Gasteiger charge is 2.22. The third-order valence-corrected chi connectivity index (χ3v) is 4.89. The number of amides is 1. The Kier molecular flexibility index (Phi) is 4.40. The number of carbonyl (C=O) groups excluding carboxylic acids is 1. The Morgan fingerprint density at radius 3 is 2.89 bits per heavy atom. The van der Waals surface area contributed by atoms with Gasteiger partial charge in [0.05, 0.1) is 5.56 Å². The van der Waals surface area contributed by atoms with Crippen molar-refractivity contribution in [1.82, 2.24) is 5.32 Å². The number of aryl methyl sites for hydroxylation is 1. The molecular formula is C14H21NO2S. The second-order valence-corrected chi connectivity index (χ2v) is 6.14. The van der Waals surface area contributed by atoms with Crippen molar-refractivity contribution in [3.63, 3.8) is 0 Å². The number of rotatable bonds is 4. The van der Waals surface area contributed by atoms with Crippen LogP contribution in [0, 0.1) is 5.92 Å². The summed E-state index contributed by atoms with van der Waals surface area (Å²) >= 11 is 1.71. The van der Waals surface area contributed by atoms with E-state index in [1.807, 2.05) is 19.2 Å². The molecule has 2 rings (SSSR count). The molecule has 0 saturated carbocycles. The van der Waals surface area contributed by atoms with Crippen LogP contribution in [0.3, 0.4) is 0 Å². The molecule has 0 radical (unpaired) electrons. The maximum atomic E-state index is 12.2. The minimum absolute atomic E-state index is 0.00152. The van der Waals surface area contributed by atoms with E-state index in [-0.39, 0.29) is 24.5 Å². The van der Waals surface area contributed by atoms with Crippen molar-refractivity contribution < 1.29 is 9.90 Å². The van der Waals surface area contributed by atoms with Crippen molar-refractivity contribution in [3.8, 4) is 0 Å². The fourth-order valence-corrected chi connectivity index (χ4v) is 3.40. The predicted molar refractivity (Wildman–Crippen MR) is 74.1 cm³/mol. The monoisotopic (exact) mass is 267 g/mol. The van der Waals surface area contributed by atoms with Gasteiger partial charge in [0.1, 0.15) is 0 Å². The summed E-state index contributed by atoms with van der Waals surface area (Å²) in [6.45, 7) is 3.98. The lowest BCUT2D eigenvalue weighted by atomic mass is 9.95. The summed E-state index contributed by atoms with van der Waals surface area (Å²) in [4.78, 5) is 13.6. The lowest BCUT2D eigenvalue weighted by Gasteiger charge is -2.20. The molecule has 0 fully saturated rings. The third kappa shape index (κ3) is 2.75. The summed E-state index contributed by atoms with van der Waals surface area (Å²) in [6.07, 6.45) is 4.58. The van der Waals surface area contributed by atoms with Crippen LogP contribution >= 0.6 is 11.3 Å². The van der Waals surface area contributed by atoms with Gasteiger partial charge in [-0.3, -0.25) is 4.79 Å². The highest BCUT2D eigenvalue weighted by molar-refractivity contribution is 7.10. The zero-order valence-corrected chi connectivity index (χ0v) is 11.8. The normalized spacial score (nSPS) is 17.9. The number of nitrogens with one attached hydrogen (secondary N) is 1. The molecule has 1 aromatic rings. The van der Waals surface area contributed by atoms with Crippen LogP contribution in [0.5, 0.6) is 0 Å². The molecule has 1 heterocycles. The van der Waals surface area contributed by atoms with Crippen molar-refractivity contribution in [2.45, 2.75) is 45.6 Å². The Morgan fingerprint density at radius 1 is 1.44 bits per heavy atom. The van der Waals surface area contributed by atoms with Gasteiger partial charge in [0.25, 0.3) is 5.91 Å². The van der Waals surface area contributed by atoms with Crippen molar-refractivity contribution in [2.75, 3.05) is 6.61 Å². The van der Waals surface area contributed by atoms with Crippen LogP contribution in [0.2, 0.25) is 0 Å². The molecule has 1 amide bonds. The van der Waals surface area contributed by atoms with Gasteiger partial charge in [-0.1, -0.05) is 6.92 Å². The van der Waals surface area contributed by atoms with E-state index in [9.17, 15) is 4.79 Å². The molecular weight excluding hydrogens is 246 g/mol. The minimum Gasteiger partial charge on any atom is -0.396 e. The molecule has 18 heavy (non-hydrogen) atoms. The zero-order valence-electron chi connectivity index (χ0n) is 11.0. The number of hydrogen-bond acceptors (Lipinski definition) is 3. The van der Waals surface area contributed by atoms with Crippen molar-refractivity contribution in [2.24, 2.45) is 5.92 Å². The van der Waals surface area contributed by atoms with E-state index in [0.29, 0.717) is 0 Å². The number of thiophene rings is 1. The standard InChI is InChI=1S/C14H21NO2S/c1-9(7-16)10(2)15-14(17)12-8-18-13-6-4-3-5-11(12)13/h8-10,16H,3-7H2,1-2H3,(H,15,17). The van der Waals surface area contributed by atoms with Gasteiger partial charge < -0.3 is 10.4 Å². The molecule has 0 aromatic carbocycles. The lowest BCUT2D eigenvalue weighted by Crippen LogP contribution is -2.38. The number of fused-ring (bicyclic) bond motifs is 1. The second-order valence-electron chi connectivity index (χ2n) is 5.18. The van der Waals surface area contributed by atoms with E-state index in [1.54, 1.807) is 11.3 Å². The smallest absolute Gasteiger partial charge is 0.252 e. The Balaban J connectivity index is 2.07. The van der Waals surface area contributed by atoms with Gasteiger partial charge in [-0.15, -0.1) is 11.3 Å². The first-order valence-electron chi connectivity index (χ1n) is 6.64. The van der Waals surface area contributed by atoms with Crippen LogP contribution in [0.4, 0.5) is 0 Å². The van der Waals surface area contributed by atoms with E-state index in [0.717, 1.165) is 18.4 Å². The van der Waals surface area contributed by atoms with Crippen molar-refractivity contribution in [3.05, 3.63) is 21.4 Å². The quantitative estimate of drug-likeness (QED) is 0.880. The van der Waals surface area contributed by atoms with E-state index >= 15 is 0 Å². The first-order valence-corrected chi connectivity index (χ1v) is 7.52. The molecule has 0 bridgehead atoms. The van der Waals surface area contributed by atoms with Crippen LogP contribution in [0.15, 0.2) is 5.38 Å².